The Labute approximate surface area is 94.4 Å². The van der Waals surface area contributed by atoms with E-state index in [1.165, 1.54) is 0 Å². The lowest BCUT2D eigenvalue weighted by Gasteiger charge is -2.10. The maximum Gasteiger partial charge on any atom is 0.235 e. The van der Waals surface area contributed by atoms with Crippen molar-refractivity contribution in [3.8, 4) is 11.5 Å². The van der Waals surface area contributed by atoms with Gasteiger partial charge in [-0.1, -0.05) is 0 Å². The Kier molecular flexibility index (Phi) is 2.67. The molecular weight excluding hydrogens is 230 g/mol. The quantitative estimate of drug-likeness (QED) is 0.875. The van der Waals surface area contributed by atoms with Crippen LogP contribution >= 0.6 is 0 Å². The Morgan fingerprint density at radius 3 is 2.62 bits per heavy atom. The van der Waals surface area contributed by atoms with Crippen LogP contribution in [0.4, 0.5) is 5.69 Å². The summed E-state index contributed by atoms with van der Waals surface area (Å²) in [6.45, 7) is 3.42. The van der Waals surface area contributed by atoms with Gasteiger partial charge in [0.25, 0.3) is 0 Å². The van der Waals surface area contributed by atoms with Crippen LogP contribution in [-0.4, -0.2) is 20.5 Å². The molecule has 6 heteroatoms. The van der Waals surface area contributed by atoms with Crippen LogP contribution in [0.1, 0.15) is 13.8 Å². The van der Waals surface area contributed by atoms with Gasteiger partial charge >= 0.3 is 0 Å². The minimum Gasteiger partial charge on any atom is -0.454 e. The van der Waals surface area contributed by atoms with Crippen molar-refractivity contribution in [1.29, 1.82) is 0 Å². The third-order valence-electron chi connectivity index (χ3n) is 2.25. The molecule has 0 amide bonds. The molecule has 1 aliphatic rings. The van der Waals surface area contributed by atoms with Crippen LogP contribution < -0.4 is 14.2 Å². The van der Waals surface area contributed by atoms with Crippen LogP contribution in [0.15, 0.2) is 18.2 Å². The number of fused-ring (bicyclic) bond motifs is 1. The highest BCUT2D eigenvalue weighted by Gasteiger charge is 2.18. The van der Waals surface area contributed by atoms with Crippen molar-refractivity contribution < 1.29 is 17.9 Å². The standard InChI is InChI=1S/C10H13NO4S/c1-7(2)16(12,13)11-8-3-4-9-10(5-8)15-6-14-9/h3-5,7,11H,6H2,1-2H3. The lowest BCUT2D eigenvalue weighted by molar-refractivity contribution is 0.174. The highest BCUT2D eigenvalue weighted by atomic mass is 32.2. The van der Waals surface area contributed by atoms with Gasteiger partial charge in [-0.2, -0.15) is 0 Å². The third-order valence-corrected chi connectivity index (χ3v) is 4.01. The van der Waals surface area contributed by atoms with Gasteiger partial charge < -0.3 is 9.47 Å². The SMILES string of the molecule is CC(C)S(=O)(=O)Nc1ccc2c(c1)OCO2. The number of sulfonamides is 1. The van der Waals surface area contributed by atoms with Gasteiger partial charge in [0.05, 0.1) is 10.9 Å². The van der Waals surface area contributed by atoms with Crippen LogP contribution in [0.3, 0.4) is 0 Å². The first kappa shape index (κ1) is 11.1. The Morgan fingerprint density at radius 1 is 1.25 bits per heavy atom. The summed E-state index contributed by atoms with van der Waals surface area (Å²) in [7, 11) is -3.32. The second kappa shape index (κ2) is 3.86. The first-order valence-electron chi connectivity index (χ1n) is 4.90. The Morgan fingerprint density at radius 2 is 1.94 bits per heavy atom. The molecule has 0 fully saturated rings. The highest BCUT2D eigenvalue weighted by Crippen LogP contribution is 2.34. The van der Waals surface area contributed by atoms with E-state index in [0.29, 0.717) is 17.2 Å². The number of benzene rings is 1. The molecule has 0 bridgehead atoms. The molecule has 2 rings (SSSR count). The number of anilines is 1. The summed E-state index contributed by atoms with van der Waals surface area (Å²) in [6, 6.07) is 4.94. The molecule has 0 saturated heterocycles. The molecule has 0 saturated carbocycles. The summed E-state index contributed by atoms with van der Waals surface area (Å²) < 4.78 is 36.0. The van der Waals surface area contributed by atoms with Crippen molar-refractivity contribution in [2.24, 2.45) is 0 Å². The van der Waals surface area contributed by atoms with E-state index in [1.807, 2.05) is 0 Å². The molecule has 5 nitrogen and oxygen atoms in total. The number of hydrogen-bond acceptors (Lipinski definition) is 4. The van der Waals surface area contributed by atoms with Crippen LogP contribution in [-0.2, 0) is 10.0 Å². The second-order valence-corrected chi connectivity index (χ2v) is 6.00. The van der Waals surface area contributed by atoms with E-state index < -0.39 is 15.3 Å². The molecule has 1 heterocycles. The average Bonchev–Trinajstić information content (AvgIpc) is 2.63. The van der Waals surface area contributed by atoms with E-state index in [2.05, 4.69) is 4.72 Å². The lowest BCUT2D eigenvalue weighted by Crippen LogP contribution is -2.22. The fourth-order valence-electron chi connectivity index (χ4n) is 1.24. The normalized spacial score (nSPS) is 14.2. The molecule has 0 atom stereocenters. The van der Waals surface area contributed by atoms with Gasteiger partial charge in [-0.05, 0) is 26.0 Å². The van der Waals surface area contributed by atoms with E-state index in [1.54, 1.807) is 32.0 Å². The van der Waals surface area contributed by atoms with Gasteiger partial charge in [0, 0.05) is 6.07 Å². The molecule has 0 spiro atoms. The fourth-order valence-corrected chi connectivity index (χ4v) is 1.93. The Hall–Kier alpha value is -1.43. The predicted octanol–water partition coefficient (Wildman–Crippen LogP) is 1.57. The van der Waals surface area contributed by atoms with Crippen molar-refractivity contribution >= 4 is 15.7 Å². The van der Waals surface area contributed by atoms with Crippen LogP contribution in [0.25, 0.3) is 0 Å². The number of hydrogen-bond donors (Lipinski definition) is 1. The number of ether oxygens (including phenoxy) is 2. The topological polar surface area (TPSA) is 64.6 Å². The van der Waals surface area contributed by atoms with Crippen LogP contribution in [0.2, 0.25) is 0 Å². The zero-order chi connectivity index (χ0) is 11.8. The smallest absolute Gasteiger partial charge is 0.235 e. The highest BCUT2D eigenvalue weighted by molar-refractivity contribution is 7.93. The molecule has 0 radical (unpaired) electrons. The van der Waals surface area contributed by atoms with Crippen LogP contribution in [0, 0.1) is 0 Å². The van der Waals surface area contributed by atoms with E-state index in [9.17, 15) is 8.42 Å². The summed E-state index contributed by atoms with van der Waals surface area (Å²) in [6.07, 6.45) is 0. The molecule has 1 N–H and O–H groups in total. The molecule has 1 aromatic rings. The molecule has 0 unspecified atom stereocenters. The summed E-state index contributed by atoms with van der Waals surface area (Å²) in [4.78, 5) is 0. The van der Waals surface area contributed by atoms with E-state index in [-0.39, 0.29) is 6.79 Å². The molecule has 0 aromatic heterocycles. The van der Waals surface area contributed by atoms with Crippen molar-refractivity contribution in [3.05, 3.63) is 18.2 Å². The first-order chi connectivity index (χ1) is 7.49. The van der Waals surface area contributed by atoms with Gasteiger partial charge in [-0.15, -0.1) is 0 Å². The second-order valence-electron chi connectivity index (χ2n) is 3.76. The van der Waals surface area contributed by atoms with Gasteiger partial charge in [0.1, 0.15) is 0 Å². The lowest BCUT2D eigenvalue weighted by atomic mass is 10.3. The van der Waals surface area contributed by atoms with Gasteiger partial charge in [-0.25, -0.2) is 8.42 Å². The Balaban J connectivity index is 2.24. The minimum absolute atomic E-state index is 0.176. The van der Waals surface area contributed by atoms with Gasteiger partial charge in [-0.3, -0.25) is 4.72 Å². The largest absolute Gasteiger partial charge is 0.454 e. The van der Waals surface area contributed by atoms with E-state index >= 15 is 0 Å². The zero-order valence-corrected chi connectivity index (χ0v) is 9.87. The first-order valence-corrected chi connectivity index (χ1v) is 6.45. The monoisotopic (exact) mass is 243 g/mol. The van der Waals surface area contributed by atoms with Gasteiger partial charge in [0.15, 0.2) is 11.5 Å². The molecular formula is C10H13NO4S. The number of rotatable bonds is 3. The maximum atomic E-state index is 11.6. The van der Waals surface area contributed by atoms with Crippen molar-refractivity contribution in [3.63, 3.8) is 0 Å². The molecule has 1 aromatic carbocycles. The minimum atomic E-state index is -3.32. The molecule has 88 valence electrons. The van der Waals surface area contributed by atoms with Crippen molar-refractivity contribution in [2.45, 2.75) is 19.1 Å². The molecule has 0 aliphatic carbocycles. The Bertz CT molecular complexity index is 496. The summed E-state index contributed by atoms with van der Waals surface area (Å²) in [5, 5.41) is -0.474. The predicted molar refractivity (Wildman–Crippen MR) is 60.2 cm³/mol. The average molecular weight is 243 g/mol. The van der Waals surface area contributed by atoms with E-state index in [4.69, 9.17) is 9.47 Å². The number of nitrogens with one attached hydrogen (secondary N) is 1. The summed E-state index contributed by atoms with van der Waals surface area (Å²) in [5.74, 6) is 1.19. The van der Waals surface area contributed by atoms with Crippen molar-refractivity contribution in [1.82, 2.24) is 0 Å². The van der Waals surface area contributed by atoms with E-state index in [0.717, 1.165) is 0 Å². The third kappa shape index (κ3) is 2.06. The molecule has 1 aliphatic heterocycles. The fraction of sp³-hybridized carbons (Fsp3) is 0.400. The zero-order valence-electron chi connectivity index (χ0n) is 9.06. The van der Waals surface area contributed by atoms with Crippen LogP contribution in [0.5, 0.6) is 11.5 Å². The van der Waals surface area contributed by atoms with Gasteiger partial charge in [0.2, 0.25) is 16.8 Å². The summed E-state index contributed by atoms with van der Waals surface area (Å²) >= 11 is 0. The molecule has 16 heavy (non-hydrogen) atoms. The van der Waals surface area contributed by atoms with Crippen molar-refractivity contribution in [2.75, 3.05) is 11.5 Å². The maximum absolute atomic E-state index is 11.6. The summed E-state index contributed by atoms with van der Waals surface area (Å²) in [5.41, 5.74) is 0.484.